The summed E-state index contributed by atoms with van der Waals surface area (Å²) in [5, 5.41) is 0. The predicted molar refractivity (Wildman–Crippen MR) is 347 cm³/mol. The van der Waals surface area contributed by atoms with Gasteiger partial charge < -0.3 is 18.9 Å². The summed E-state index contributed by atoms with van der Waals surface area (Å²) >= 11 is 29.5. The van der Waals surface area contributed by atoms with E-state index in [0.29, 0.717) is 13.9 Å². The molecule has 0 spiro atoms. The Morgan fingerprint density at radius 2 is 0.506 bits per heavy atom. The van der Waals surface area contributed by atoms with E-state index in [0.717, 1.165) is 79.1 Å². The molecule has 0 radical (unpaired) electrons. The Bertz CT molecular complexity index is 2450. The van der Waals surface area contributed by atoms with Crippen molar-refractivity contribution in [3.05, 3.63) is 241 Å². The number of ether oxygens (including phenoxy) is 4. The Morgan fingerprint density at radius 3 is 0.662 bits per heavy atom. The molecule has 0 aromatic heterocycles. The number of hydrogen-bond acceptors (Lipinski definition) is 8. The quantitative estimate of drug-likeness (QED) is 0.0901. The third-order valence-electron chi connectivity index (χ3n) is 8.99. The Labute approximate surface area is 541 Å². The summed E-state index contributed by atoms with van der Waals surface area (Å²) < 4.78 is 21.0. The molecule has 8 nitrogen and oxygen atoms in total. The van der Waals surface area contributed by atoms with Crippen molar-refractivity contribution in [2.45, 2.75) is 0 Å². The van der Waals surface area contributed by atoms with Crippen molar-refractivity contribution in [1.29, 1.82) is 0 Å². The average molecular weight is 1840 g/mol. The summed E-state index contributed by atoms with van der Waals surface area (Å²) in [4.78, 5) is 17.5. The molecular formula is C56H52Br9CoFeN4NiO4Pd. The zero-order valence-corrected chi connectivity index (χ0v) is 60.2. The molecule has 0 bridgehead atoms. The number of benzene rings is 8. The van der Waals surface area contributed by atoms with Crippen LogP contribution in [0.15, 0.2) is 238 Å². The van der Waals surface area contributed by atoms with Gasteiger partial charge in [-0.15, -0.1) is 0 Å². The van der Waals surface area contributed by atoms with E-state index in [2.05, 4.69) is 146 Å². The van der Waals surface area contributed by atoms with Crippen LogP contribution in [0, 0.1) is 0 Å². The molecule has 0 N–H and O–H groups in total. The molecule has 0 saturated heterocycles. The molecule has 0 atom stereocenters. The maximum absolute atomic E-state index is 5.24. The monoisotopic (exact) mass is 1830 g/mol. The van der Waals surface area contributed by atoms with E-state index in [1.165, 1.54) is 10.9 Å². The molecule has 77 heavy (non-hydrogen) atoms. The Morgan fingerprint density at radius 1 is 0.364 bits per heavy atom. The molecule has 0 fully saturated rings. The number of nitrogens with zero attached hydrogens (tertiary/aromatic N) is 4. The van der Waals surface area contributed by atoms with Crippen LogP contribution < -0.4 is 18.9 Å². The molecule has 0 saturated carbocycles. The minimum absolute atomic E-state index is 0.312. The zero-order valence-electron chi connectivity index (χ0n) is 41.2. The zero-order chi connectivity index (χ0) is 56.6. The third kappa shape index (κ3) is 37.0. The molecule has 0 aliphatic carbocycles. The van der Waals surface area contributed by atoms with Crippen LogP contribution in [0.5, 0.6) is 23.0 Å². The van der Waals surface area contributed by atoms with Gasteiger partial charge in [-0.05, 0) is 97.1 Å². The predicted octanol–water partition coefficient (Wildman–Crippen LogP) is 21.4. The maximum atomic E-state index is 5.24. The van der Waals surface area contributed by atoms with Crippen molar-refractivity contribution in [2.24, 2.45) is 20.0 Å². The molecule has 8 rings (SSSR count). The number of hydrogen-bond donors (Lipinski definition) is 0. The summed E-state index contributed by atoms with van der Waals surface area (Å²) in [6, 6.07) is 70.6. The summed E-state index contributed by atoms with van der Waals surface area (Å²) in [6.45, 7) is 0. The fraction of sp³-hybridized carbons (Fsp3) is 0.0714. The summed E-state index contributed by atoms with van der Waals surface area (Å²) in [5.74, 6) is 3.34. The van der Waals surface area contributed by atoms with Gasteiger partial charge >= 0.3 is 170 Å². The number of methoxy groups -OCH3 is 4. The van der Waals surface area contributed by atoms with Crippen LogP contribution in [0.3, 0.4) is 0 Å². The molecule has 21 heteroatoms. The van der Waals surface area contributed by atoms with E-state index in [1.54, 1.807) is 28.4 Å². The Kier molecular flexibility index (Phi) is 48.5. The van der Waals surface area contributed by atoms with Gasteiger partial charge in [0.2, 0.25) is 0 Å². The van der Waals surface area contributed by atoms with Crippen molar-refractivity contribution < 1.29 is 63.4 Å². The molecule has 0 aliphatic rings. The second-order valence-electron chi connectivity index (χ2n) is 13.6. The van der Waals surface area contributed by atoms with Gasteiger partial charge in [0.1, 0.15) is 23.0 Å². The van der Waals surface area contributed by atoms with Crippen molar-refractivity contribution >= 4 is 174 Å². The molecule has 0 aliphatic heterocycles. The average Bonchev–Trinajstić information content (AvgIpc) is 3.47. The van der Waals surface area contributed by atoms with Crippen molar-refractivity contribution in [3.63, 3.8) is 0 Å². The summed E-state index contributed by atoms with van der Waals surface area (Å²) in [5.41, 5.74) is 7.68. The van der Waals surface area contributed by atoms with E-state index >= 15 is 0 Å². The number of rotatable bonds is 12. The number of halogens is 9. The van der Waals surface area contributed by atoms with E-state index < -0.39 is 0 Å². The second kappa shape index (κ2) is 51.1. The second-order valence-corrected chi connectivity index (χ2v) is 47.8. The first-order valence-electron chi connectivity index (χ1n) is 21.6. The Hall–Kier alpha value is -1.86. The van der Waals surface area contributed by atoms with Gasteiger partial charge in [0, 0.05) is 47.1 Å². The first kappa shape index (κ1) is 73.2. The first-order chi connectivity index (χ1) is 37.6. The van der Waals surface area contributed by atoms with Crippen LogP contribution in [0.4, 0.5) is 22.7 Å². The van der Waals surface area contributed by atoms with Crippen LogP contribution in [-0.2, 0) is 44.4 Å². The van der Waals surface area contributed by atoms with Crippen LogP contribution in [-0.4, -0.2) is 53.3 Å². The topological polar surface area (TPSA) is 86.4 Å². The molecule has 0 heterocycles. The number of para-hydroxylation sites is 8. The molecular weight excluding hydrogens is 1790 g/mol. The fourth-order valence-corrected chi connectivity index (χ4v) is 5.72. The molecule has 0 amide bonds. The van der Waals surface area contributed by atoms with Gasteiger partial charge in [-0.3, -0.25) is 20.0 Å². The normalized spacial score (nSPS) is 10.2. The van der Waals surface area contributed by atoms with Gasteiger partial charge in [0.25, 0.3) is 0 Å². The van der Waals surface area contributed by atoms with E-state index in [-0.39, 0.29) is 8.48 Å². The van der Waals surface area contributed by atoms with E-state index in [4.69, 9.17) is 18.9 Å². The SMILES string of the molecule is COc1ccccc1C=Nc1ccccc1.COc1ccccc1C=Nc1ccccc1.COc1ccccc1C=Nc1ccccc1.COc1ccccc1C=Nc1ccccc1.[Br][Co][Br].[Br][Fe]([Br])[Br].[Br][Ni][Br].[Br][Pd][Br]. The standard InChI is InChI=1S/4C14H13NO.9BrH.Co.Fe.Ni.Pd/c4*1-16-14-10-6-5-7-12(14)11-15-13-8-3-2-4-9-13;;;;;;;;;;;;;/h4*2-11H,1H3;9*1H;;;;/q;;;;;;;;;;;;;+2;+3;2*+2/p-9. The molecule has 8 aromatic carbocycles. The summed E-state index contributed by atoms with van der Waals surface area (Å²) in [6.07, 6.45) is 7.25. The van der Waals surface area contributed by atoms with Crippen molar-refractivity contribution in [3.8, 4) is 23.0 Å². The van der Waals surface area contributed by atoms with Gasteiger partial charge in [0.05, 0.1) is 51.2 Å². The third-order valence-corrected chi connectivity index (χ3v) is 8.99. The van der Waals surface area contributed by atoms with Gasteiger partial charge in [-0.1, -0.05) is 121 Å². The van der Waals surface area contributed by atoms with E-state index in [9.17, 15) is 0 Å². The molecule has 8 aromatic rings. The first-order valence-corrected chi connectivity index (χ1v) is 46.9. The molecule has 0 unspecified atom stereocenters. The minimum atomic E-state index is -0.312. The van der Waals surface area contributed by atoms with Crippen LogP contribution in [0.2, 0.25) is 0 Å². The van der Waals surface area contributed by atoms with Gasteiger partial charge in [0.15, 0.2) is 0 Å². The van der Waals surface area contributed by atoms with Gasteiger partial charge in [-0.25, -0.2) is 0 Å². The summed E-state index contributed by atoms with van der Waals surface area (Å²) in [7, 11) is 7.59. The van der Waals surface area contributed by atoms with Gasteiger partial charge in [-0.2, -0.15) is 0 Å². The van der Waals surface area contributed by atoms with E-state index in [1.807, 2.05) is 243 Å². The van der Waals surface area contributed by atoms with Crippen molar-refractivity contribution in [2.75, 3.05) is 28.4 Å². The van der Waals surface area contributed by atoms with Crippen LogP contribution in [0.1, 0.15) is 22.3 Å². The number of aliphatic imine (C=N–C) groups is 4. The Balaban J connectivity index is 0.000000476. The fourth-order valence-electron chi connectivity index (χ4n) is 5.72. The molecule has 420 valence electrons. The van der Waals surface area contributed by atoms with Crippen molar-refractivity contribution in [1.82, 2.24) is 0 Å². The van der Waals surface area contributed by atoms with Crippen LogP contribution >= 0.6 is 126 Å². The van der Waals surface area contributed by atoms with Crippen LogP contribution in [0.25, 0.3) is 0 Å².